The van der Waals surface area contributed by atoms with Gasteiger partial charge in [-0.15, -0.1) is 0 Å². The van der Waals surface area contributed by atoms with Gasteiger partial charge in [0.1, 0.15) is 0 Å². The van der Waals surface area contributed by atoms with Crippen LogP contribution in [0, 0.1) is 20.8 Å². The summed E-state index contributed by atoms with van der Waals surface area (Å²) in [5.41, 5.74) is 5.41. The lowest BCUT2D eigenvalue weighted by Gasteiger charge is -2.13. The predicted octanol–water partition coefficient (Wildman–Crippen LogP) is 2.68. The first kappa shape index (κ1) is 19.6. The van der Waals surface area contributed by atoms with Gasteiger partial charge in [0.25, 0.3) is 0 Å². The van der Waals surface area contributed by atoms with Crippen LogP contribution in [0.1, 0.15) is 35.4 Å². The van der Waals surface area contributed by atoms with E-state index in [1.54, 1.807) is 6.08 Å². The van der Waals surface area contributed by atoms with Crippen molar-refractivity contribution in [2.24, 2.45) is 0 Å². The SMILES string of the molecule is Cc1ccc(-n2c(C)cc(C=CC(=O)NCCN3C(=O)CCC3=O)c2C)cc1. The number of benzene rings is 1. The molecule has 2 heterocycles. The van der Waals surface area contributed by atoms with Gasteiger partial charge in [0.15, 0.2) is 0 Å². The molecule has 0 atom stereocenters. The van der Waals surface area contributed by atoms with Gasteiger partial charge in [-0.1, -0.05) is 17.7 Å². The number of amides is 3. The maximum atomic E-state index is 12.1. The molecule has 6 nitrogen and oxygen atoms in total. The Morgan fingerprint density at radius 2 is 1.71 bits per heavy atom. The number of hydrogen-bond acceptors (Lipinski definition) is 3. The largest absolute Gasteiger partial charge is 0.351 e. The topological polar surface area (TPSA) is 71.4 Å². The van der Waals surface area contributed by atoms with Crippen molar-refractivity contribution in [3.05, 3.63) is 58.9 Å². The summed E-state index contributed by atoms with van der Waals surface area (Å²) >= 11 is 0. The Balaban J connectivity index is 1.61. The van der Waals surface area contributed by atoms with Crippen LogP contribution in [-0.2, 0) is 14.4 Å². The molecule has 0 unspecified atom stereocenters. The van der Waals surface area contributed by atoms with E-state index in [0.29, 0.717) is 0 Å². The van der Waals surface area contributed by atoms with E-state index in [2.05, 4.69) is 41.1 Å². The molecule has 1 aliphatic heterocycles. The molecule has 0 saturated carbocycles. The molecule has 1 aromatic carbocycles. The van der Waals surface area contributed by atoms with Crippen LogP contribution in [0.3, 0.4) is 0 Å². The third-order valence-electron chi connectivity index (χ3n) is 4.97. The molecular formula is C22H25N3O3. The fourth-order valence-electron chi connectivity index (χ4n) is 3.44. The molecule has 0 spiro atoms. The van der Waals surface area contributed by atoms with E-state index in [1.807, 2.05) is 19.9 Å². The zero-order chi connectivity index (χ0) is 20.3. The summed E-state index contributed by atoms with van der Waals surface area (Å²) in [5.74, 6) is -0.587. The highest BCUT2D eigenvalue weighted by Crippen LogP contribution is 2.22. The molecule has 1 aliphatic rings. The lowest BCUT2D eigenvalue weighted by Crippen LogP contribution is -2.37. The summed E-state index contributed by atoms with van der Waals surface area (Å²) in [6.07, 6.45) is 3.80. The number of carbonyl (C=O) groups is 3. The van der Waals surface area contributed by atoms with Crippen LogP contribution in [0.25, 0.3) is 11.8 Å². The second-order valence-electron chi connectivity index (χ2n) is 7.06. The first-order valence-corrected chi connectivity index (χ1v) is 9.42. The third-order valence-corrected chi connectivity index (χ3v) is 4.97. The molecular weight excluding hydrogens is 354 g/mol. The number of aromatic nitrogens is 1. The van der Waals surface area contributed by atoms with Gasteiger partial charge in [-0.2, -0.15) is 0 Å². The average molecular weight is 379 g/mol. The standard InChI is InChI=1S/C22H25N3O3/c1-15-4-7-19(8-5-15)25-16(2)14-18(17(25)3)6-9-20(26)23-12-13-24-21(27)10-11-22(24)28/h4-9,14H,10-13H2,1-3H3,(H,23,26). The minimum Gasteiger partial charge on any atom is -0.351 e. The smallest absolute Gasteiger partial charge is 0.244 e. The summed E-state index contributed by atoms with van der Waals surface area (Å²) in [6.45, 7) is 6.59. The first-order valence-electron chi connectivity index (χ1n) is 9.42. The number of hydrogen-bond donors (Lipinski definition) is 1. The summed E-state index contributed by atoms with van der Waals surface area (Å²) in [6, 6.07) is 10.4. The third kappa shape index (κ3) is 4.22. The fourth-order valence-corrected chi connectivity index (χ4v) is 3.44. The zero-order valence-corrected chi connectivity index (χ0v) is 16.5. The Kier molecular flexibility index (Phi) is 5.78. The van der Waals surface area contributed by atoms with Gasteiger partial charge in [-0.05, 0) is 50.6 Å². The number of carbonyl (C=O) groups excluding carboxylic acids is 3. The summed E-state index contributed by atoms with van der Waals surface area (Å²) in [4.78, 5) is 36.4. The lowest BCUT2D eigenvalue weighted by atomic mass is 10.2. The summed E-state index contributed by atoms with van der Waals surface area (Å²) in [7, 11) is 0. The van der Waals surface area contributed by atoms with Gasteiger partial charge in [0.2, 0.25) is 17.7 Å². The number of nitrogens with zero attached hydrogens (tertiary/aromatic N) is 2. The number of rotatable bonds is 6. The predicted molar refractivity (Wildman–Crippen MR) is 108 cm³/mol. The quantitative estimate of drug-likeness (QED) is 0.620. The molecule has 2 aromatic rings. The molecule has 6 heteroatoms. The van der Waals surface area contributed by atoms with Crippen molar-refractivity contribution in [1.29, 1.82) is 0 Å². The molecule has 3 amide bonds. The second-order valence-corrected chi connectivity index (χ2v) is 7.06. The second kappa shape index (κ2) is 8.25. The van der Waals surface area contributed by atoms with Gasteiger partial charge < -0.3 is 9.88 Å². The Bertz CT molecular complexity index is 923. The van der Waals surface area contributed by atoms with Gasteiger partial charge in [-0.3, -0.25) is 19.3 Å². The Morgan fingerprint density at radius 3 is 2.36 bits per heavy atom. The van der Waals surface area contributed by atoms with Gasteiger partial charge in [0, 0.05) is 49.1 Å². The zero-order valence-electron chi connectivity index (χ0n) is 16.5. The Morgan fingerprint density at radius 1 is 1.07 bits per heavy atom. The molecule has 1 fully saturated rings. The van der Waals surface area contributed by atoms with E-state index in [1.165, 1.54) is 16.5 Å². The molecule has 1 N–H and O–H groups in total. The Labute approximate surface area is 164 Å². The maximum absolute atomic E-state index is 12.1. The Hall–Kier alpha value is -3.15. The minimum atomic E-state index is -0.251. The van der Waals surface area contributed by atoms with Gasteiger partial charge in [-0.25, -0.2) is 0 Å². The molecule has 0 radical (unpaired) electrons. The molecule has 0 bridgehead atoms. The molecule has 1 saturated heterocycles. The highest BCUT2D eigenvalue weighted by Gasteiger charge is 2.28. The summed E-state index contributed by atoms with van der Waals surface area (Å²) < 4.78 is 2.15. The molecule has 1 aromatic heterocycles. The van der Waals surface area contributed by atoms with Crippen LogP contribution >= 0.6 is 0 Å². The van der Waals surface area contributed by atoms with Crippen molar-refractivity contribution >= 4 is 23.8 Å². The molecule has 0 aliphatic carbocycles. The maximum Gasteiger partial charge on any atom is 0.244 e. The van der Waals surface area contributed by atoms with E-state index in [4.69, 9.17) is 0 Å². The van der Waals surface area contributed by atoms with Crippen molar-refractivity contribution in [2.45, 2.75) is 33.6 Å². The molecule has 28 heavy (non-hydrogen) atoms. The highest BCUT2D eigenvalue weighted by molar-refractivity contribution is 6.02. The minimum absolute atomic E-state index is 0.168. The lowest BCUT2D eigenvalue weighted by molar-refractivity contribution is -0.138. The van der Waals surface area contributed by atoms with Crippen LogP contribution in [0.2, 0.25) is 0 Å². The number of imide groups is 1. The van der Waals surface area contributed by atoms with E-state index < -0.39 is 0 Å². The van der Waals surface area contributed by atoms with E-state index in [9.17, 15) is 14.4 Å². The molecule has 3 rings (SSSR count). The van der Waals surface area contributed by atoms with Gasteiger partial charge >= 0.3 is 0 Å². The average Bonchev–Trinajstić information content (AvgIpc) is 3.13. The number of nitrogens with one attached hydrogen (secondary N) is 1. The van der Waals surface area contributed by atoms with Crippen LogP contribution < -0.4 is 5.32 Å². The number of likely N-dealkylation sites (tertiary alicyclic amines) is 1. The van der Waals surface area contributed by atoms with E-state index >= 15 is 0 Å². The van der Waals surface area contributed by atoms with Crippen LogP contribution in [0.5, 0.6) is 0 Å². The number of aryl methyl sites for hydroxylation is 2. The normalized spacial score (nSPS) is 14.3. The van der Waals surface area contributed by atoms with Crippen molar-refractivity contribution in [3.8, 4) is 5.69 Å². The first-order chi connectivity index (χ1) is 13.4. The van der Waals surface area contributed by atoms with E-state index in [0.717, 1.165) is 22.6 Å². The monoisotopic (exact) mass is 379 g/mol. The van der Waals surface area contributed by atoms with Crippen molar-refractivity contribution in [1.82, 2.24) is 14.8 Å². The van der Waals surface area contributed by atoms with Crippen LogP contribution in [-0.4, -0.2) is 40.3 Å². The van der Waals surface area contributed by atoms with Crippen molar-refractivity contribution in [3.63, 3.8) is 0 Å². The van der Waals surface area contributed by atoms with Crippen LogP contribution in [0.4, 0.5) is 0 Å². The van der Waals surface area contributed by atoms with Crippen molar-refractivity contribution in [2.75, 3.05) is 13.1 Å². The van der Waals surface area contributed by atoms with Gasteiger partial charge in [0.05, 0.1) is 0 Å². The van der Waals surface area contributed by atoms with Crippen molar-refractivity contribution < 1.29 is 14.4 Å². The molecule has 146 valence electrons. The fraction of sp³-hybridized carbons (Fsp3) is 0.318. The highest BCUT2D eigenvalue weighted by atomic mass is 16.2. The van der Waals surface area contributed by atoms with E-state index in [-0.39, 0.29) is 43.7 Å². The van der Waals surface area contributed by atoms with Crippen LogP contribution in [0.15, 0.2) is 36.4 Å². The summed E-state index contributed by atoms with van der Waals surface area (Å²) in [5, 5.41) is 2.72.